The van der Waals surface area contributed by atoms with Gasteiger partial charge in [-0.2, -0.15) is 0 Å². The summed E-state index contributed by atoms with van der Waals surface area (Å²) in [6, 6.07) is 11.2. The van der Waals surface area contributed by atoms with E-state index in [0.717, 1.165) is 23.6 Å². The van der Waals surface area contributed by atoms with Crippen LogP contribution in [0.1, 0.15) is 34.8 Å². The Morgan fingerprint density at radius 3 is 2.41 bits per heavy atom. The zero-order valence-electron chi connectivity index (χ0n) is 15.9. The van der Waals surface area contributed by atoms with Crippen molar-refractivity contribution in [1.29, 1.82) is 0 Å². The summed E-state index contributed by atoms with van der Waals surface area (Å²) in [5.74, 6) is -0.537. The second kappa shape index (κ2) is 8.51. The molecule has 0 N–H and O–H groups in total. The molecule has 0 saturated carbocycles. The summed E-state index contributed by atoms with van der Waals surface area (Å²) < 4.78 is 24.0. The van der Waals surface area contributed by atoms with Gasteiger partial charge in [0.1, 0.15) is 5.02 Å². The molecule has 0 bridgehead atoms. The van der Waals surface area contributed by atoms with Gasteiger partial charge in [-0.05, 0) is 36.1 Å². The molecule has 0 spiro atoms. The number of hydrogen-bond acceptors (Lipinski definition) is 5. The number of carbonyl (C=O) groups is 1. The zero-order chi connectivity index (χ0) is 21.2. The normalized spacial score (nSPS) is 17.8. The molecule has 0 aliphatic carbocycles. The lowest BCUT2D eigenvalue weighted by atomic mass is 10.1. The van der Waals surface area contributed by atoms with E-state index < -0.39 is 26.7 Å². The van der Waals surface area contributed by atoms with Crippen molar-refractivity contribution < 1.29 is 18.1 Å². The van der Waals surface area contributed by atoms with Gasteiger partial charge in [0.05, 0.1) is 16.4 Å². The number of carbonyl (C=O) groups excluding carboxylic acids is 1. The topological polar surface area (TPSA) is 97.6 Å². The molecule has 2 aromatic rings. The fraction of sp³-hybridized carbons (Fsp3) is 0.350. The number of sulfone groups is 1. The average Bonchev–Trinajstić information content (AvgIpc) is 3.05. The molecule has 1 heterocycles. The molecule has 0 aromatic heterocycles. The highest BCUT2D eigenvalue weighted by atomic mass is 35.5. The van der Waals surface area contributed by atoms with Crippen molar-refractivity contribution in [3.63, 3.8) is 0 Å². The number of hydrogen-bond donors (Lipinski definition) is 0. The van der Waals surface area contributed by atoms with Crippen molar-refractivity contribution in [2.24, 2.45) is 0 Å². The fourth-order valence-corrected chi connectivity index (χ4v) is 5.33. The molecule has 1 atom stereocenters. The minimum Gasteiger partial charge on any atom is -0.330 e. The predicted molar refractivity (Wildman–Crippen MR) is 111 cm³/mol. The Labute approximate surface area is 174 Å². The number of benzene rings is 2. The van der Waals surface area contributed by atoms with Crippen molar-refractivity contribution in [3.8, 4) is 0 Å². The van der Waals surface area contributed by atoms with Crippen LogP contribution in [0.2, 0.25) is 5.02 Å². The molecule has 1 saturated heterocycles. The standard InChI is InChI=1S/C20H21ClN2O5S/c1-2-14-3-5-15(6-4-14)12-22(17-9-10-29(27,28)13-17)20(24)16-7-8-18(21)19(11-16)23(25)26/h3-8,11,17H,2,9-10,12-13H2,1H3/t17-/m1/s1. The van der Waals surface area contributed by atoms with Crippen LogP contribution in [0.5, 0.6) is 0 Å². The Bertz CT molecular complexity index is 1040. The van der Waals surface area contributed by atoms with Crippen molar-refractivity contribution in [2.45, 2.75) is 32.4 Å². The van der Waals surface area contributed by atoms with Gasteiger partial charge in [-0.1, -0.05) is 42.8 Å². The summed E-state index contributed by atoms with van der Waals surface area (Å²) in [7, 11) is -3.21. The van der Waals surface area contributed by atoms with E-state index in [-0.39, 0.29) is 34.3 Å². The van der Waals surface area contributed by atoms with Crippen LogP contribution in [-0.4, -0.2) is 41.7 Å². The van der Waals surface area contributed by atoms with Crippen LogP contribution in [0, 0.1) is 10.1 Å². The Morgan fingerprint density at radius 1 is 1.21 bits per heavy atom. The predicted octanol–water partition coefficient (Wildman–Crippen LogP) is 3.64. The second-order valence-corrected chi connectivity index (χ2v) is 9.72. The van der Waals surface area contributed by atoms with Gasteiger partial charge in [-0.3, -0.25) is 14.9 Å². The number of amides is 1. The van der Waals surface area contributed by atoms with E-state index in [0.29, 0.717) is 6.42 Å². The fourth-order valence-electron chi connectivity index (χ4n) is 3.42. The van der Waals surface area contributed by atoms with Crippen molar-refractivity contribution >= 4 is 33.0 Å². The number of aryl methyl sites for hydroxylation is 1. The Balaban J connectivity index is 1.94. The van der Waals surface area contributed by atoms with E-state index >= 15 is 0 Å². The highest BCUT2D eigenvalue weighted by Gasteiger charge is 2.35. The minimum absolute atomic E-state index is 0.0248. The van der Waals surface area contributed by atoms with Gasteiger partial charge in [-0.25, -0.2) is 8.42 Å². The van der Waals surface area contributed by atoms with Crippen LogP contribution in [0.15, 0.2) is 42.5 Å². The molecular formula is C20H21ClN2O5S. The quantitative estimate of drug-likeness (QED) is 0.508. The lowest BCUT2D eigenvalue weighted by Crippen LogP contribution is -2.40. The number of halogens is 1. The zero-order valence-corrected chi connectivity index (χ0v) is 17.4. The Hall–Kier alpha value is -2.45. The third-order valence-corrected chi connectivity index (χ3v) is 7.15. The largest absolute Gasteiger partial charge is 0.330 e. The van der Waals surface area contributed by atoms with E-state index in [4.69, 9.17) is 11.6 Å². The first-order valence-corrected chi connectivity index (χ1v) is 11.4. The van der Waals surface area contributed by atoms with E-state index in [9.17, 15) is 23.3 Å². The van der Waals surface area contributed by atoms with Gasteiger partial charge in [0, 0.05) is 24.2 Å². The molecule has 3 rings (SSSR count). The monoisotopic (exact) mass is 436 g/mol. The molecular weight excluding hydrogens is 416 g/mol. The van der Waals surface area contributed by atoms with Crippen molar-refractivity contribution in [1.82, 2.24) is 4.90 Å². The van der Waals surface area contributed by atoms with Crippen molar-refractivity contribution in [3.05, 3.63) is 74.3 Å². The third-order valence-electron chi connectivity index (χ3n) is 5.08. The van der Waals surface area contributed by atoms with Crippen LogP contribution in [0.4, 0.5) is 5.69 Å². The summed E-state index contributed by atoms with van der Waals surface area (Å²) >= 11 is 5.85. The molecule has 7 nitrogen and oxygen atoms in total. The Morgan fingerprint density at radius 2 is 1.86 bits per heavy atom. The maximum Gasteiger partial charge on any atom is 0.288 e. The van der Waals surface area contributed by atoms with Crippen LogP contribution < -0.4 is 0 Å². The van der Waals surface area contributed by atoms with Gasteiger partial charge >= 0.3 is 0 Å². The molecule has 1 aliphatic rings. The average molecular weight is 437 g/mol. The molecule has 1 fully saturated rings. The summed E-state index contributed by atoms with van der Waals surface area (Å²) in [4.78, 5) is 25.3. The van der Waals surface area contributed by atoms with Gasteiger partial charge in [-0.15, -0.1) is 0 Å². The van der Waals surface area contributed by atoms with Gasteiger partial charge in [0.2, 0.25) is 0 Å². The number of rotatable bonds is 6. The minimum atomic E-state index is -3.21. The van der Waals surface area contributed by atoms with Gasteiger partial charge in [0.15, 0.2) is 9.84 Å². The molecule has 9 heteroatoms. The molecule has 1 amide bonds. The lowest BCUT2D eigenvalue weighted by molar-refractivity contribution is -0.384. The van der Waals surface area contributed by atoms with Gasteiger partial charge in [0.25, 0.3) is 11.6 Å². The van der Waals surface area contributed by atoms with E-state index in [2.05, 4.69) is 0 Å². The van der Waals surface area contributed by atoms with E-state index in [1.54, 1.807) is 0 Å². The SMILES string of the molecule is CCc1ccc(CN(C(=O)c2ccc(Cl)c([N+](=O)[O-])c2)[C@@H]2CCS(=O)(=O)C2)cc1. The maximum atomic E-state index is 13.2. The molecule has 154 valence electrons. The first-order valence-electron chi connectivity index (χ1n) is 9.23. The van der Waals surface area contributed by atoms with E-state index in [1.807, 2.05) is 31.2 Å². The highest BCUT2D eigenvalue weighted by Crippen LogP contribution is 2.28. The molecule has 0 unspecified atom stereocenters. The molecule has 1 aliphatic heterocycles. The van der Waals surface area contributed by atoms with Crippen LogP contribution in [0.3, 0.4) is 0 Å². The smallest absolute Gasteiger partial charge is 0.288 e. The van der Waals surface area contributed by atoms with Crippen LogP contribution >= 0.6 is 11.6 Å². The highest BCUT2D eigenvalue weighted by molar-refractivity contribution is 7.91. The number of nitro benzene ring substituents is 1. The third kappa shape index (κ3) is 4.94. The van der Waals surface area contributed by atoms with Gasteiger partial charge < -0.3 is 4.90 Å². The number of nitro groups is 1. The second-order valence-electron chi connectivity index (χ2n) is 7.08. The first-order chi connectivity index (χ1) is 13.7. The van der Waals surface area contributed by atoms with Crippen LogP contribution in [0.25, 0.3) is 0 Å². The lowest BCUT2D eigenvalue weighted by Gasteiger charge is -2.28. The van der Waals surface area contributed by atoms with Crippen molar-refractivity contribution in [2.75, 3.05) is 11.5 Å². The van der Waals surface area contributed by atoms with Crippen LogP contribution in [-0.2, 0) is 22.8 Å². The molecule has 0 radical (unpaired) electrons. The Kier molecular flexibility index (Phi) is 6.24. The van der Waals surface area contributed by atoms with E-state index in [1.165, 1.54) is 17.0 Å². The molecule has 29 heavy (non-hydrogen) atoms. The summed E-state index contributed by atoms with van der Waals surface area (Å²) in [5.41, 5.74) is 1.77. The first kappa shape index (κ1) is 21.3. The summed E-state index contributed by atoms with van der Waals surface area (Å²) in [6.07, 6.45) is 1.23. The molecule has 2 aromatic carbocycles. The summed E-state index contributed by atoms with van der Waals surface area (Å²) in [6.45, 7) is 2.26. The maximum absolute atomic E-state index is 13.2. The number of nitrogens with zero attached hydrogens (tertiary/aromatic N) is 2. The summed E-state index contributed by atoms with van der Waals surface area (Å²) in [5, 5.41) is 11.1.